The molecule has 2 aromatic heterocycles. The molecule has 2 aliphatic rings. The van der Waals surface area contributed by atoms with Crippen molar-refractivity contribution in [2.45, 2.75) is 43.9 Å². The van der Waals surface area contributed by atoms with Crippen LogP contribution in [0, 0.1) is 0 Å². The number of carbonyl (C=O) groups excluding carboxylic acids is 1. The van der Waals surface area contributed by atoms with Crippen molar-refractivity contribution in [1.29, 1.82) is 0 Å². The number of hydrogen-bond acceptors (Lipinski definition) is 7. The Labute approximate surface area is 235 Å². The van der Waals surface area contributed by atoms with Crippen LogP contribution in [0.25, 0.3) is 17.1 Å². The third-order valence-corrected chi connectivity index (χ3v) is 7.38. The first-order valence-electron chi connectivity index (χ1n) is 12.7. The number of aliphatic hydroxyl groups is 1. The van der Waals surface area contributed by atoms with Crippen LogP contribution in [0.3, 0.4) is 0 Å². The molecule has 1 unspecified atom stereocenters. The Morgan fingerprint density at radius 3 is 2.59 bits per heavy atom. The molecule has 214 valence electrons. The summed E-state index contributed by atoms with van der Waals surface area (Å²) in [4.78, 5) is 32.6. The van der Waals surface area contributed by atoms with Gasteiger partial charge in [-0.3, -0.25) is 9.36 Å². The molecule has 1 amide bonds. The molecule has 15 heteroatoms. The fourth-order valence-corrected chi connectivity index (χ4v) is 5.20. The van der Waals surface area contributed by atoms with Gasteiger partial charge in [0.1, 0.15) is 12.9 Å². The number of rotatable bonds is 7. The fourth-order valence-electron chi connectivity index (χ4n) is 5.07. The van der Waals surface area contributed by atoms with Crippen molar-refractivity contribution in [2.75, 3.05) is 13.2 Å². The maximum atomic E-state index is 13.4. The van der Waals surface area contributed by atoms with Gasteiger partial charge in [0.15, 0.2) is 17.8 Å². The standard InChI is InChI=1S/C26H23ClF3N7O4/c27-16-7-5-15(6-8-16)23-33-36(25(40)35(23)11-21(38)26(28,29)30)12-22-31-14-37(32-22)20-4-2-1-3-19(20)24(39)34-10-18-9-17(34)13-41-18/h1-8,14,17-18,21,38H,9-13H2/t17-,18-,21?/m0/s1. The van der Waals surface area contributed by atoms with Gasteiger partial charge in [-0.15, -0.1) is 10.2 Å². The van der Waals surface area contributed by atoms with Gasteiger partial charge in [0.2, 0.25) is 0 Å². The molecule has 2 bridgehead atoms. The second-order valence-electron chi connectivity index (χ2n) is 9.86. The lowest BCUT2D eigenvalue weighted by Crippen LogP contribution is -2.41. The number of nitrogens with zero attached hydrogens (tertiary/aromatic N) is 7. The first-order chi connectivity index (χ1) is 19.6. The van der Waals surface area contributed by atoms with Crippen LogP contribution >= 0.6 is 11.6 Å². The summed E-state index contributed by atoms with van der Waals surface area (Å²) in [6.07, 6.45) is -5.49. The van der Waals surface area contributed by atoms with Crippen molar-refractivity contribution in [1.82, 2.24) is 34.0 Å². The zero-order valence-electron chi connectivity index (χ0n) is 21.3. The van der Waals surface area contributed by atoms with Crippen molar-refractivity contribution in [3.05, 3.63) is 81.8 Å². The molecule has 41 heavy (non-hydrogen) atoms. The van der Waals surface area contributed by atoms with Crippen LogP contribution < -0.4 is 5.69 Å². The van der Waals surface area contributed by atoms with Crippen molar-refractivity contribution < 1.29 is 27.8 Å². The highest BCUT2D eigenvalue weighted by Crippen LogP contribution is 2.30. The number of carbonyl (C=O) groups is 1. The first-order valence-corrected chi connectivity index (χ1v) is 13.1. The number of aliphatic hydroxyl groups excluding tert-OH is 1. The number of benzene rings is 2. The molecule has 3 atom stereocenters. The number of aromatic nitrogens is 6. The molecule has 1 N–H and O–H groups in total. The summed E-state index contributed by atoms with van der Waals surface area (Å²) in [5, 5.41) is 18.7. The third kappa shape index (κ3) is 5.25. The van der Waals surface area contributed by atoms with Gasteiger partial charge in [-0.05, 0) is 42.8 Å². The molecule has 6 rings (SSSR count). The van der Waals surface area contributed by atoms with Crippen molar-refractivity contribution in [3.8, 4) is 17.1 Å². The number of para-hydroxylation sites is 1. The first kappa shape index (κ1) is 27.2. The normalized spacial score (nSPS) is 19.2. The number of morpholine rings is 1. The minimum absolute atomic E-state index is 0.0274. The molecule has 0 radical (unpaired) electrons. The highest BCUT2D eigenvalue weighted by molar-refractivity contribution is 6.30. The van der Waals surface area contributed by atoms with E-state index in [9.17, 15) is 27.9 Å². The van der Waals surface area contributed by atoms with Crippen LogP contribution in [0.2, 0.25) is 5.02 Å². The molecule has 4 aromatic rings. The summed E-state index contributed by atoms with van der Waals surface area (Å²) < 4.78 is 48.1. The predicted octanol–water partition coefficient (Wildman–Crippen LogP) is 2.53. The van der Waals surface area contributed by atoms with Gasteiger partial charge >= 0.3 is 11.9 Å². The number of likely N-dealkylation sites (tertiary alicyclic amines) is 1. The molecule has 0 aliphatic carbocycles. The Kier molecular flexibility index (Phi) is 6.91. The number of alkyl halides is 3. The number of halogens is 4. The average Bonchev–Trinajstić information content (AvgIpc) is 3.75. The SMILES string of the molecule is O=C(c1ccccc1-n1cnc(Cn2nc(-c3ccc(Cl)cc3)n(CC(O)C(F)(F)F)c2=O)n1)N1C[C@@H]2C[C@H]1CO2. The summed E-state index contributed by atoms with van der Waals surface area (Å²) in [5.74, 6) is -0.111. The van der Waals surface area contributed by atoms with Crippen molar-refractivity contribution >= 4 is 17.5 Å². The quantitative estimate of drug-likeness (QED) is 0.352. The zero-order valence-corrected chi connectivity index (χ0v) is 22.0. The number of amides is 1. The second-order valence-corrected chi connectivity index (χ2v) is 10.3. The number of ether oxygens (including phenoxy) is 1. The summed E-state index contributed by atoms with van der Waals surface area (Å²) in [5.41, 5.74) is 0.333. The van der Waals surface area contributed by atoms with Crippen LogP contribution in [0.15, 0.2) is 59.7 Å². The van der Waals surface area contributed by atoms with Gasteiger partial charge in [-0.1, -0.05) is 23.7 Å². The predicted molar refractivity (Wildman–Crippen MR) is 139 cm³/mol. The van der Waals surface area contributed by atoms with Gasteiger partial charge in [0, 0.05) is 17.1 Å². The second kappa shape index (κ2) is 10.4. The lowest BCUT2D eigenvalue weighted by Gasteiger charge is -2.27. The lowest BCUT2D eigenvalue weighted by molar-refractivity contribution is -0.207. The summed E-state index contributed by atoms with van der Waals surface area (Å²) in [7, 11) is 0. The van der Waals surface area contributed by atoms with Crippen LogP contribution in [0.5, 0.6) is 0 Å². The smallest absolute Gasteiger partial charge is 0.382 e. The minimum atomic E-state index is -4.94. The van der Waals surface area contributed by atoms with E-state index >= 15 is 0 Å². The summed E-state index contributed by atoms with van der Waals surface area (Å²) in [6.45, 7) is -0.303. The van der Waals surface area contributed by atoms with E-state index in [1.54, 1.807) is 29.2 Å². The molecule has 11 nitrogen and oxygen atoms in total. The maximum Gasteiger partial charge on any atom is 0.416 e. The molecule has 2 aromatic carbocycles. The van der Waals surface area contributed by atoms with E-state index in [2.05, 4.69) is 15.2 Å². The van der Waals surface area contributed by atoms with Gasteiger partial charge in [-0.25, -0.2) is 19.1 Å². The van der Waals surface area contributed by atoms with Gasteiger partial charge in [0.25, 0.3) is 5.91 Å². The monoisotopic (exact) mass is 589 g/mol. The van der Waals surface area contributed by atoms with Crippen LogP contribution in [0.1, 0.15) is 22.6 Å². The number of fused-ring (bicyclic) bond motifs is 2. The Hall–Kier alpha value is -4.01. The van der Waals surface area contributed by atoms with Crippen molar-refractivity contribution in [3.63, 3.8) is 0 Å². The summed E-state index contributed by atoms with van der Waals surface area (Å²) in [6, 6.07) is 13.0. The van der Waals surface area contributed by atoms with E-state index in [1.165, 1.54) is 35.3 Å². The van der Waals surface area contributed by atoms with Gasteiger partial charge in [0.05, 0.1) is 36.5 Å². The maximum absolute atomic E-state index is 13.4. The Morgan fingerprint density at radius 2 is 1.90 bits per heavy atom. The van der Waals surface area contributed by atoms with E-state index in [-0.39, 0.29) is 36.2 Å². The highest BCUT2D eigenvalue weighted by atomic mass is 35.5. The minimum Gasteiger partial charge on any atom is -0.382 e. The topological polar surface area (TPSA) is 120 Å². The fraction of sp³-hybridized carbons (Fsp3) is 0.346. The molecule has 2 saturated heterocycles. The van der Waals surface area contributed by atoms with E-state index in [0.717, 1.165) is 15.7 Å². The van der Waals surface area contributed by atoms with Crippen LogP contribution in [-0.4, -0.2) is 82.6 Å². The lowest BCUT2D eigenvalue weighted by atomic mass is 10.1. The van der Waals surface area contributed by atoms with Crippen LogP contribution in [0.4, 0.5) is 13.2 Å². The average molecular weight is 590 g/mol. The van der Waals surface area contributed by atoms with Gasteiger partial charge in [-0.2, -0.15) is 13.2 Å². The molecular weight excluding hydrogens is 567 g/mol. The largest absolute Gasteiger partial charge is 0.416 e. The zero-order chi connectivity index (χ0) is 28.9. The number of hydrogen-bond donors (Lipinski definition) is 1. The van der Waals surface area contributed by atoms with Crippen LogP contribution in [-0.2, 0) is 17.8 Å². The van der Waals surface area contributed by atoms with E-state index in [1.807, 2.05) is 0 Å². The molecule has 2 aliphatic heterocycles. The summed E-state index contributed by atoms with van der Waals surface area (Å²) >= 11 is 5.93. The van der Waals surface area contributed by atoms with E-state index < -0.39 is 24.5 Å². The highest BCUT2D eigenvalue weighted by Gasteiger charge is 2.42. The van der Waals surface area contributed by atoms with E-state index in [0.29, 0.717) is 35.0 Å². The molecule has 4 heterocycles. The molecular formula is C26H23ClF3N7O4. The Balaban J connectivity index is 1.30. The third-order valence-electron chi connectivity index (χ3n) is 7.13. The Morgan fingerprint density at radius 1 is 1.15 bits per heavy atom. The Bertz CT molecular complexity index is 1650. The molecule has 2 fully saturated rings. The van der Waals surface area contributed by atoms with E-state index in [4.69, 9.17) is 16.3 Å². The molecule has 0 spiro atoms. The van der Waals surface area contributed by atoms with Gasteiger partial charge < -0.3 is 14.7 Å². The molecule has 0 saturated carbocycles. The van der Waals surface area contributed by atoms with Crippen molar-refractivity contribution in [2.24, 2.45) is 0 Å².